The SMILES string of the molecule is COc1ccc2c(c(CCN3CC=CC3)cn2C)c1F. The van der Waals surface area contributed by atoms with E-state index in [-0.39, 0.29) is 5.82 Å². The van der Waals surface area contributed by atoms with Crippen molar-refractivity contribution >= 4 is 10.9 Å². The zero-order valence-electron chi connectivity index (χ0n) is 11.9. The molecule has 0 saturated heterocycles. The highest BCUT2D eigenvalue weighted by atomic mass is 19.1. The van der Waals surface area contributed by atoms with Crippen LogP contribution in [0.1, 0.15) is 5.56 Å². The van der Waals surface area contributed by atoms with Gasteiger partial charge >= 0.3 is 0 Å². The van der Waals surface area contributed by atoms with Gasteiger partial charge in [-0.2, -0.15) is 0 Å². The fraction of sp³-hybridized carbons (Fsp3) is 0.375. The second kappa shape index (κ2) is 5.29. The minimum atomic E-state index is -0.250. The first kappa shape index (κ1) is 13.2. The Bertz CT molecular complexity index is 652. The predicted octanol–water partition coefficient (Wildman–Crippen LogP) is 2.74. The molecule has 0 bridgehead atoms. The number of benzene rings is 1. The number of nitrogens with zero attached hydrogens (tertiary/aromatic N) is 2. The van der Waals surface area contributed by atoms with Crippen LogP contribution >= 0.6 is 0 Å². The fourth-order valence-electron chi connectivity index (χ4n) is 2.84. The molecule has 4 heteroatoms. The van der Waals surface area contributed by atoms with Gasteiger partial charge in [0.2, 0.25) is 0 Å². The Morgan fingerprint density at radius 3 is 2.70 bits per heavy atom. The van der Waals surface area contributed by atoms with Crippen molar-refractivity contribution in [3.8, 4) is 5.75 Å². The molecule has 1 aliphatic rings. The van der Waals surface area contributed by atoms with Crippen LogP contribution in [0.15, 0.2) is 30.5 Å². The molecule has 106 valence electrons. The van der Waals surface area contributed by atoms with Crippen molar-refractivity contribution in [1.82, 2.24) is 9.47 Å². The fourth-order valence-corrected chi connectivity index (χ4v) is 2.84. The minimum absolute atomic E-state index is 0.250. The first-order chi connectivity index (χ1) is 9.70. The summed E-state index contributed by atoms with van der Waals surface area (Å²) in [5, 5.41) is 0.694. The molecular formula is C16H19FN2O. The van der Waals surface area contributed by atoms with E-state index < -0.39 is 0 Å². The summed E-state index contributed by atoms with van der Waals surface area (Å²) in [6.07, 6.45) is 7.22. The lowest BCUT2D eigenvalue weighted by Gasteiger charge is -2.14. The Hall–Kier alpha value is -1.81. The Morgan fingerprint density at radius 1 is 1.25 bits per heavy atom. The molecule has 0 atom stereocenters. The molecule has 0 aliphatic carbocycles. The molecule has 0 saturated carbocycles. The number of rotatable bonds is 4. The van der Waals surface area contributed by atoms with Crippen molar-refractivity contribution in [2.75, 3.05) is 26.7 Å². The van der Waals surface area contributed by atoms with Gasteiger partial charge in [0.1, 0.15) is 0 Å². The van der Waals surface area contributed by atoms with Crippen LogP contribution in [0.2, 0.25) is 0 Å². The molecule has 2 heterocycles. The normalized spacial score (nSPS) is 15.3. The number of halogens is 1. The second-order valence-corrected chi connectivity index (χ2v) is 5.22. The number of hydrogen-bond donors (Lipinski definition) is 0. The summed E-state index contributed by atoms with van der Waals surface area (Å²) in [5.41, 5.74) is 1.96. The van der Waals surface area contributed by atoms with E-state index in [0.29, 0.717) is 11.1 Å². The zero-order valence-corrected chi connectivity index (χ0v) is 11.9. The number of aromatic nitrogens is 1. The van der Waals surface area contributed by atoms with Gasteiger partial charge in [-0.3, -0.25) is 4.90 Å². The summed E-state index contributed by atoms with van der Waals surface area (Å²) in [7, 11) is 3.46. The van der Waals surface area contributed by atoms with E-state index in [9.17, 15) is 4.39 Å². The molecule has 1 aromatic heterocycles. The third-order valence-corrected chi connectivity index (χ3v) is 3.95. The highest BCUT2D eigenvalue weighted by Gasteiger charge is 2.16. The van der Waals surface area contributed by atoms with Crippen LogP contribution in [0.25, 0.3) is 10.9 Å². The summed E-state index contributed by atoms with van der Waals surface area (Å²) in [6.45, 7) is 2.94. The van der Waals surface area contributed by atoms with E-state index in [4.69, 9.17) is 4.74 Å². The molecule has 1 aromatic carbocycles. The lowest BCUT2D eigenvalue weighted by molar-refractivity contribution is 0.357. The van der Waals surface area contributed by atoms with E-state index in [1.165, 1.54) is 7.11 Å². The third kappa shape index (κ3) is 2.20. The van der Waals surface area contributed by atoms with Gasteiger partial charge in [-0.25, -0.2) is 4.39 Å². The summed E-state index contributed by atoms with van der Waals surface area (Å²) < 4.78 is 21.6. The highest BCUT2D eigenvalue weighted by Crippen LogP contribution is 2.30. The monoisotopic (exact) mass is 274 g/mol. The van der Waals surface area contributed by atoms with Crippen molar-refractivity contribution in [3.05, 3.63) is 41.9 Å². The Morgan fingerprint density at radius 2 is 2.00 bits per heavy atom. The standard InChI is InChI=1S/C16H19FN2O/c1-18-11-12(7-10-19-8-3-4-9-19)15-13(18)5-6-14(20-2)16(15)17/h3-6,11H,7-10H2,1-2H3. The molecule has 0 radical (unpaired) electrons. The molecule has 1 aliphatic heterocycles. The Balaban J connectivity index is 1.93. The van der Waals surface area contributed by atoms with Crippen LogP contribution in [-0.2, 0) is 13.5 Å². The van der Waals surface area contributed by atoms with Crippen LogP contribution in [0, 0.1) is 5.82 Å². The summed E-state index contributed by atoms with van der Waals surface area (Å²) in [4.78, 5) is 2.34. The van der Waals surface area contributed by atoms with Crippen molar-refractivity contribution in [2.45, 2.75) is 6.42 Å². The minimum Gasteiger partial charge on any atom is -0.494 e. The molecule has 0 spiro atoms. The highest BCUT2D eigenvalue weighted by molar-refractivity contribution is 5.86. The van der Waals surface area contributed by atoms with Crippen LogP contribution in [0.4, 0.5) is 4.39 Å². The largest absolute Gasteiger partial charge is 0.494 e. The summed E-state index contributed by atoms with van der Waals surface area (Å²) >= 11 is 0. The van der Waals surface area contributed by atoms with Gasteiger partial charge in [-0.15, -0.1) is 0 Å². The van der Waals surface area contributed by atoms with Crippen LogP contribution in [-0.4, -0.2) is 36.2 Å². The number of aryl methyl sites for hydroxylation is 1. The lowest BCUT2D eigenvalue weighted by atomic mass is 10.1. The smallest absolute Gasteiger partial charge is 0.174 e. The number of methoxy groups -OCH3 is 1. The van der Waals surface area contributed by atoms with Gasteiger partial charge in [0, 0.05) is 38.3 Å². The average molecular weight is 274 g/mol. The summed E-state index contributed by atoms with van der Waals surface area (Å²) in [6, 6.07) is 3.60. The van der Waals surface area contributed by atoms with E-state index in [1.54, 1.807) is 6.07 Å². The Labute approximate surface area is 118 Å². The molecule has 3 rings (SSSR count). The molecule has 0 amide bonds. The van der Waals surface area contributed by atoms with Gasteiger partial charge in [0.05, 0.1) is 12.6 Å². The first-order valence-electron chi connectivity index (χ1n) is 6.88. The lowest BCUT2D eigenvalue weighted by Crippen LogP contribution is -2.22. The number of hydrogen-bond acceptors (Lipinski definition) is 2. The predicted molar refractivity (Wildman–Crippen MR) is 78.7 cm³/mol. The molecule has 20 heavy (non-hydrogen) atoms. The maximum absolute atomic E-state index is 14.5. The van der Waals surface area contributed by atoms with E-state index in [1.807, 2.05) is 23.9 Å². The van der Waals surface area contributed by atoms with Gasteiger partial charge in [0.15, 0.2) is 11.6 Å². The topological polar surface area (TPSA) is 17.4 Å². The van der Waals surface area contributed by atoms with Crippen molar-refractivity contribution in [3.63, 3.8) is 0 Å². The van der Waals surface area contributed by atoms with Crippen molar-refractivity contribution in [2.24, 2.45) is 7.05 Å². The second-order valence-electron chi connectivity index (χ2n) is 5.22. The molecule has 0 unspecified atom stereocenters. The molecule has 2 aromatic rings. The van der Waals surface area contributed by atoms with Gasteiger partial charge in [-0.1, -0.05) is 12.2 Å². The number of fused-ring (bicyclic) bond motifs is 1. The Kier molecular flexibility index (Phi) is 3.49. The zero-order chi connectivity index (χ0) is 14.1. The third-order valence-electron chi connectivity index (χ3n) is 3.95. The van der Waals surface area contributed by atoms with Crippen molar-refractivity contribution in [1.29, 1.82) is 0 Å². The number of ether oxygens (including phenoxy) is 1. The molecule has 0 N–H and O–H groups in total. The van der Waals surface area contributed by atoms with Crippen LogP contribution < -0.4 is 4.74 Å². The molecule has 0 fully saturated rings. The average Bonchev–Trinajstić information content (AvgIpc) is 3.06. The maximum atomic E-state index is 14.5. The van der Waals surface area contributed by atoms with Gasteiger partial charge < -0.3 is 9.30 Å². The molecule has 3 nitrogen and oxygen atoms in total. The van der Waals surface area contributed by atoms with Crippen LogP contribution in [0.3, 0.4) is 0 Å². The molecular weight excluding hydrogens is 255 g/mol. The van der Waals surface area contributed by atoms with Gasteiger partial charge in [-0.05, 0) is 24.1 Å². The van der Waals surface area contributed by atoms with E-state index >= 15 is 0 Å². The van der Waals surface area contributed by atoms with E-state index in [0.717, 1.165) is 37.1 Å². The maximum Gasteiger partial charge on any atom is 0.174 e. The van der Waals surface area contributed by atoms with Crippen LogP contribution in [0.5, 0.6) is 5.75 Å². The summed E-state index contributed by atoms with van der Waals surface area (Å²) in [5.74, 6) is 0.0629. The quantitative estimate of drug-likeness (QED) is 0.798. The van der Waals surface area contributed by atoms with E-state index in [2.05, 4.69) is 17.1 Å². The first-order valence-corrected chi connectivity index (χ1v) is 6.88. The van der Waals surface area contributed by atoms with Crippen molar-refractivity contribution < 1.29 is 9.13 Å². The van der Waals surface area contributed by atoms with Gasteiger partial charge in [0.25, 0.3) is 0 Å².